The first-order valence-corrected chi connectivity index (χ1v) is 8.46. The molecule has 1 saturated carbocycles. The van der Waals surface area contributed by atoms with Gasteiger partial charge in [0.25, 0.3) is 0 Å². The number of piperidine rings is 1. The molecule has 18 heavy (non-hydrogen) atoms. The lowest BCUT2D eigenvalue weighted by atomic mass is 9.94. The van der Waals surface area contributed by atoms with Gasteiger partial charge < -0.3 is 10.6 Å². The molecule has 0 spiro atoms. The van der Waals surface area contributed by atoms with Crippen LogP contribution >= 0.6 is 11.8 Å². The molecule has 1 saturated heterocycles. The van der Waals surface area contributed by atoms with E-state index in [9.17, 15) is 4.79 Å². The van der Waals surface area contributed by atoms with Gasteiger partial charge in [-0.3, -0.25) is 4.79 Å². The minimum Gasteiger partial charge on any atom is -0.352 e. The average molecular weight is 270 g/mol. The van der Waals surface area contributed by atoms with E-state index in [2.05, 4.69) is 17.6 Å². The predicted molar refractivity (Wildman–Crippen MR) is 77.9 cm³/mol. The maximum Gasteiger partial charge on any atom is 0.220 e. The second-order valence-corrected chi connectivity index (χ2v) is 7.01. The topological polar surface area (TPSA) is 41.1 Å². The van der Waals surface area contributed by atoms with E-state index in [1.54, 1.807) is 0 Å². The van der Waals surface area contributed by atoms with Crippen molar-refractivity contribution in [1.29, 1.82) is 0 Å². The number of nitrogens with one attached hydrogen (secondary N) is 2. The first-order valence-electron chi connectivity index (χ1n) is 7.41. The summed E-state index contributed by atoms with van der Waals surface area (Å²) in [6.45, 7) is 4.36. The molecule has 1 aliphatic heterocycles. The van der Waals surface area contributed by atoms with Crippen LogP contribution in [0.5, 0.6) is 0 Å². The van der Waals surface area contributed by atoms with Crippen LogP contribution in [0, 0.1) is 5.92 Å². The van der Waals surface area contributed by atoms with Crippen molar-refractivity contribution in [2.24, 2.45) is 5.92 Å². The van der Waals surface area contributed by atoms with Crippen LogP contribution in [0.3, 0.4) is 0 Å². The molecule has 0 aromatic rings. The highest BCUT2D eigenvalue weighted by molar-refractivity contribution is 7.99. The molecule has 1 aliphatic carbocycles. The Morgan fingerprint density at radius 3 is 2.78 bits per heavy atom. The Bertz CT molecular complexity index is 267. The Morgan fingerprint density at radius 2 is 2.06 bits per heavy atom. The Morgan fingerprint density at radius 1 is 1.28 bits per heavy atom. The van der Waals surface area contributed by atoms with Gasteiger partial charge in [0, 0.05) is 17.7 Å². The minimum atomic E-state index is 0.288. The molecule has 4 heteroatoms. The normalized spacial score (nSPS) is 29.4. The highest BCUT2D eigenvalue weighted by Gasteiger charge is 2.29. The fourth-order valence-electron chi connectivity index (χ4n) is 3.12. The second kappa shape index (κ2) is 7.39. The zero-order valence-electron chi connectivity index (χ0n) is 11.4. The fourth-order valence-corrected chi connectivity index (χ4v) is 4.32. The molecule has 2 rings (SSSR count). The third-order valence-corrected chi connectivity index (χ3v) is 5.44. The van der Waals surface area contributed by atoms with Gasteiger partial charge in [0.15, 0.2) is 0 Å². The molecule has 2 N–H and O–H groups in total. The van der Waals surface area contributed by atoms with Crippen molar-refractivity contribution in [3.05, 3.63) is 0 Å². The number of amides is 1. The molecule has 2 fully saturated rings. The standard InChI is InChI=1S/C14H26N2OS/c1-2-18-13-5-3-4-12(13)16-14(17)10-11-6-8-15-9-7-11/h11-13,15H,2-10H2,1H3,(H,16,17). The minimum absolute atomic E-state index is 0.288. The molecule has 1 heterocycles. The average Bonchev–Trinajstić information content (AvgIpc) is 2.78. The summed E-state index contributed by atoms with van der Waals surface area (Å²) in [7, 11) is 0. The van der Waals surface area contributed by atoms with Crippen molar-refractivity contribution in [2.75, 3.05) is 18.8 Å². The highest BCUT2D eigenvalue weighted by atomic mass is 32.2. The summed E-state index contributed by atoms with van der Waals surface area (Å²) in [5.74, 6) is 2.05. The number of hydrogen-bond acceptors (Lipinski definition) is 3. The van der Waals surface area contributed by atoms with Crippen molar-refractivity contribution in [1.82, 2.24) is 10.6 Å². The fraction of sp³-hybridized carbons (Fsp3) is 0.929. The molecule has 2 atom stereocenters. The zero-order chi connectivity index (χ0) is 12.8. The van der Waals surface area contributed by atoms with Crippen LogP contribution < -0.4 is 10.6 Å². The van der Waals surface area contributed by atoms with Gasteiger partial charge in [-0.2, -0.15) is 11.8 Å². The summed E-state index contributed by atoms with van der Waals surface area (Å²) in [5, 5.41) is 7.29. The number of carbonyl (C=O) groups excluding carboxylic acids is 1. The lowest BCUT2D eigenvalue weighted by Crippen LogP contribution is -2.40. The van der Waals surface area contributed by atoms with E-state index >= 15 is 0 Å². The Kier molecular flexibility index (Phi) is 5.83. The van der Waals surface area contributed by atoms with Crippen molar-refractivity contribution in [3.8, 4) is 0 Å². The lowest BCUT2D eigenvalue weighted by molar-refractivity contribution is -0.122. The molecular weight excluding hydrogens is 244 g/mol. The van der Waals surface area contributed by atoms with E-state index in [0.29, 0.717) is 17.2 Å². The van der Waals surface area contributed by atoms with Crippen LogP contribution in [0.4, 0.5) is 0 Å². The predicted octanol–water partition coefficient (Wildman–Crippen LogP) is 2.17. The largest absolute Gasteiger partial charge is 0.352 e. The molecule has 0 aromatic carbocycles. The van der Waals surface area contributed by atoms with E-state index in [0.717, 1.165) is 38.1 Å². The van der Waals surface area contributed by atoms with E-state index in [1.807, 2.05) is 11.8 Å². The SMILES string of the molecule is CCSC1CCCC1NC(=O)CC1CCNCC1. The van der Waals surface area contributed by atoms with E-state index in [-0.39, 0.29) is 5.91 Å². The monoisotopic (exact) mass is 270 g/mol. The van der Waals surface area contributed by atoms with Gasteiger partial charge in [0.1, 0.15) is 0 Å². The molecule has 2 aliphatic rings. The third kappa shape index (κ3) is 4.16. The summed E-state index contributed by atoms with van der Waals surface area (Å²) in [4.78, 5) is 12.1. The smallest absolute Gasteiger partial charge is 0.220 e. The number of hydrogen-bond donors (Lipinski definition) is 2. The first kappa shape index (κ1) is 14.2. The van der Waals surface area contributed by atoms with E-state index in [4.69, 9.17) is 0 Å². The summed E-state index contributed by atoms with van der Waals surface area (Å²) in [6.07, 6.45) is 6.78. The Labute approximate surface area is 115 Å². The van der Waals surface area contributed by atoms with Gasteiger partial charge in [0.05, 0.1) is 0 Å². The molecule has 1 amide bonds. The Hall–Kier alpha value is -0.220. The molecule has 0 aromatic heterocycles. The van der Waals surface area contributed by atoms with Crippen molar-refractivity contribution in [2.45, 2.75) is 56.7 Å². The van der Waals surface area contributed by atoms with E-state index in [1.165, 1.54) is 19.3 Å². The van der Waals surface area contributed by atoms with Crippen molar-refractivity contribution >= 4 is 17.7 Å². The van der Waals surface area contributed by atoms with Crippen molar-refractivity contribution < 1.29 is 4.79 Å². The first-order chi connectivity index (χ1) is 8.79. The Balaban J connectivity index is 1.72. The molecule has 3 nitrogen and oxygen atoms in total. The van der Waals surface area contributed by atoms with Gasteiger partial charge >= 0.3 is 0 Å². The van der Waals surface area contributed by atoms with Gasteiger partial charge in [0.2, 0.25) is 5.91 Å². The summed E-state index contributed by atoms with van der Waals surface area (Å²) in [5.41, 5.74) is 0. The maximum atomic E-state index is 12.1. The lowest BCUT2D eigenvalue weighted by Gasteiger charge is -2.24. The molecule has 0 radical (unpaired) electrons. The van der Waals surface area contributed by atoms with Gasteiger partial charge in [-0.05, 0) is 50.4 Å². The molecule has 104 valence electrons. The van der Waals surface area contributed by atoms with Gasteiger partial charge in [-0.25, -0.2) is 0 Å². The van der Waals surface area contributed by atoms with Gasteiger partial charge in [-0.15, -0.1) is 0 Å². The maximum absolute atomic E-state index is 12.1. The molecule has 2 unspecified atom stereocenters. The quantitative estimate of drug-likeness (QED) is 0.804. The van der Waals surface area contributed by atoms with Crippen LogP contribution in [0.2, 0.25) is 0 Å². The summed E-state index contributed by atoms with van der Waals surface area (Å²) in [6, 6.07) is 0.434. The zero-order valence-corrected chi connectivity index (χ0v) is 12.2. The summed E-state index contributed by atoms with van der Waals surface area (Å²) >= 11 is 2.01. The molecular formula is C14H26N2OS. The van der Waals surface area contributed by atoms with Gasteiger partial charge in [-0.1, -0.05) is 13.3 Å². The van der Waals surface area contributed by atoms with Crippen LogP contribution in [-0.2, 0) is 4.79 Å². The van der Waals surface area contributed by atoms with Crippen LogP contribution in [-0.4, -0.2) is 36.0 Å². The highest BCUT2D eigenvalue weighted by Crippen LogP contribution is 2.30. The van der Waals surface area contributed by atoms with Crippen LogP contribution in [0.15, 0.2) is 0 Å². The second-order valence-electron chi connectivity index (χ2n) is 5.50. The van der Waals surface area contributed by atoms with E-state index < -0.39 is 0 Å². The van der Waals surface area contributed by atoms with Crippen LogP contribution in [0.1, 0.15) is 45.4 Å². The number of carbonyl (C=O) groups is 1. The molecule has 0 bridgehead atoms. The van der Waals surface area contributed by atoms with Crippen molar-refractivity contribution in [3.63, 3.8) is 0 Å². The van der Waals surface area contributed by atoms with Crippen LogP contribution in [0.25, 0.3) is 0 Å². The number of rotatable bonds is 5. The third-order valence-electron chi connectivity index (χ3n) is 4.11. The number of thioether (sulfide) groups is 1. The summed E-state index contributed by atoms with van der Waals surface area (Å²) < 4.78 is 0.